The van der Waals surface area contributed by atoms with Crippen LogP contribution in [-0.2, 0) is 22.6 Å². The van der Waals surface area contributed by atoms with Crippen LogP contribution in [0.2, 0.25) is 0 Å². The maximum atomic E-state index is 13.6. The highest BCUT2D eigenvalue weighted by molar-refractivity contribution is 14.1. The van der Waals surface area contributed by atoms with Gasteiger partial charge in [0.2, 0.25) is 5.91 Å². The Bertz CT molecular complexity index is 1100. The van der Waals surface area contributed by atoms with Gasteiger partial charge in [0.25, 0.3) is 5.91 Å². The van der Waals surface area contributed by atoms with Gasteiger partial charge >= 0.3 is 0 Å². The van der Waals surface area contributed by atoms with E-state index in [0.717, 1.165) is 20.3 Å². The second kappa shape index (κ2) is 13.3. The summed E-state index contributed by atoms with van der Waals surface area (Å²) in [5, 5.41) is 3.04. The molecule has 0 aromatic heterocycles. The van der Waals surface area contributed by atoms with Crippen LogP contribution in [0.1, 0.15) is 30.5 Å². The Morgan fingerprint density at radius 3 is 2.29 bits per heavy atom. The zero-order chi connectivity index (χ0) is 25.2. The van der Waals surface area contributed by atoms with Crippen LogP contribution in [0.3, 0.4) is 0 Å². The van der Waals surface area contributed by atoms with E-state index in [0.29, 0.717) is 31.2 Å². The Kier molecular flexibility index (Phi) is 10.1. The van der Waals surface area contributed by atoms with Crippen LogP contribution in [-0.4, -0.2) is 35.9 Å². The molecule has 3 rings (SSSR count). The first-order valence-electron chi connectivity index (χ1n) is 11.9. The van der Waals surface area contributed by atoms with Gasteiger partial charge in [-0.3, -0.25) is 9.59 Å². The molecule has 2 amide bonds. The number of nitrogens with zero attached hydrogens (tertiary/aromatic N) is 1. The standard InChI is InChI=1S/C29H33IN2O3/c1-21(2)18-31-29(34)27(17-23-9-5-4-6-10-23)32(19-24-11-7-8-22(3)16-24)28(33)20-35-26-14-12-25(30)13-15-26/h4-16,21,27H,17-20H2,1-3H3,(H,31,34)/t27-/m0/s1. The van der Waals surface area contributed by atoms with E-state index in [1.54, 1.807) is 4.90 Å². The lowest BCUT2D eigenvalue weighted by molar-refractivity contribution is -0.142. The summed E-state index contributed by atoms with van der Waals surface area (Å²) in [5.74, 6) is 0.545. The second-order valence-electron chi connectivity index (χ2n) is 9.10. The van der Waals surface area contributed by atoms with E-state index >= 15 is 0 Å². The average molecular weight is 584 g/mol. The molecule has 0 aliphatic heterocycles. The molecule has 1 atom stereocenters. The van der Waals surface area contributed by atoms with Crippen molar-refractivity contribution < 1.29 is 14.3 Å². The van der Waals surface area contributed by atoms with Gasteiger partial charge in [0, 0.05) is 23.1 Å². The minimum absolute atomic E-state index is 0.144. The van der Waals surface area contributed by atoms with Crippen molar-refractivity contribution in [1.29, 1.82) is 0 Å². The predicted molar refractivity (Wildman–Crippen MR) is 148 cm³/mol. The van der Waals surface area contributed by atoms with Gasteiger partial charge < -0.3 is 15.0 Å². The van der Waals surface area contributed by atoms with Crippen molar-refractivity contribution in [2.75, 3.05) is 13.2 Å². The quantitative estimate of drug-likeness (QED) is 0.308. The number of hydrogen-bond donors (Lipinski definition) is 1. The van der Waals surface area contributed by atoms with Gasteiger partial charge in [0.1, 0.15) is 11.8 Å². The monoisotopic (exact) mass is 584 g/mol. The lowest BCUT2D eigenvalue weighted by Crippen LogP contribution is -2.52. The highest BCUT2D eigenvalue weighted by Gasteiger charge is 2.30. The molecule has 1 N–H and O–H groups in total. The molecular formula is C29H33IN2O3. The highest BCUT2D eigenvalue weighted by Crippen LogP contribution is 2.18. The van der Waals surface area contributed by atoms with Crippen molar-refractivity contribution in [3.05, 3.63) is 99.1 Å². The Hall–Kier alpha value is -2.87. The van der Waals surface area contributed by atoms with E-state index in [9.17, 15) is 9.59 Å². The summed E-state index contributed by atoms with van der Waals surface area (Å²) in [5.41, 5.74) is 3.08. The number of rotatable bonds is 11. The van der Waals surface area contributed by atoms with E-state index in [4.69, 9.17) is 4.74 Å². The molecular weight excluding hydrogens is 551 g/mol. The number of carbonyl (C=O) groups is 2. The molecule has 0 spiro atoms. The van der Waals surface area contributed by atoms with E-state index in [1.165, 1.54) is 0 Å². The molecule has 0 bridgehead atoms. The summed E-state index contributed by atoms with van der Waals surface area (Å²) in [6.45, 7) is 6.86. The fourth-order valence-electron chi connectivity index (χ4n) is 3.74. The molecule has 3 aromatic carbocycles. The molecule has 5 nitrogen and oxygen atoms in total. The van der Waals surface area contributed by atoms with Gasteiger partial charge in [-0.2, -0.15) is 0 Å². The zero-order valence-electron chi connectivity index (χ0n) is 20.5. The van der Waals surface area contributed by atoms with Crippen LogP contribution < -0.4 is 10.1 Å². The van der Waals surface area contributed by atoms with E-state index in [2.05, 4.69) is 41.8 Å². The van der Waals surface area contributed by atoms with E-state index in [1.807, 2.05) is 85.8 Å². The van der Waals surface area contributed by atoms with Gasteiger partial charge in [-0.15, -0.1) is 0 Å². The highest BCUT2D eigenvalue weighted by atomic mass is 127. The summed E-state index contributed by atoms with van der Waals surface area (Å²) >= 11 is 2.23. The minimum Gasteiger partial charge on any atom is -0.484 e. The average Bonchev–Trinajstić information content (AvgIpc) is 2.85. The fourth-order valence-corrected chi connectivity index (χ4v) is 4.10. The third kappa shape index (κ3) is 8.69. The zero-order valence-corrected chi connectivity index (χ0v) is 22.7. The number of aryl methyl sites for hydroxylation is 1. The first kappa shape index (κ1) is 26.7. The molecule has 0 radical (unpaired) electrons. The van der Waals surface area contributed by atoms with Crippen molar-refractivity contribution in [3.63, 3.8) is 0 Å². The maximum absolute atomic E-state index is 13.6. The van der Waals surface area contributed by atoms with Crippen LogP contribution in [0, 0.1) is 16.4 Å². The SMILES string of the molecule is Cc1cccc(CN(C(=O)COc2ccc(I)cc2)[C@@H](Cc2ccccc2)C(=O)NCC(C)C)c1. The number of benzene rings is 3. The van der Waals surface area contributed by atoms with Crippen molar-refractivity contribution in [2.45, 2.75) is 39.8 Å². The third-order valence-electron chi connectivity index (χ3n) is 5.57. The van der Waals surface area contributed by atoms with Crippen molar-refractivity contribution in [1.82, 2.24) is 10.2 Å². The van der Waals surface area contributed by atoms with Gasteiger partial charge in [-0.05, 0) is 70.8 Å². The maximum Gasteiger partial charge on any atom is 0.261 e. The van der Waals surface area contributed by atoms with Crippen LogP contribution in [0.4, 0.5) is 0 Å². The van der Waals surface area contributed by atoms with Crippen LogP contribution in [0.5, 0.6) is 5.75 Å². The molecule has 0 aliphatic rings. The minimum atomic E-state index is -0.663. The topological polar surface area (TPSA) is 58.6 Å². The number of ether oxygens (including phenoxy) is 1. The predicted octanol–water partition coefficient (Wildman–Crippen LogP) is 5.39. The number of carbonyl (C=O) groups excluding carboxylic acids is 2. The molecule has 184 valence electrons. The molecule has 0 aliphatic carbocycles. The van der Waals surface area contributed by atoms with Gasteiger partial charge in [0.15, 0.2) is 6.61 Å². The summed E-state index contributed by atoms with van der Waals surface area (Å²) < 4.78 is 6.91. The lowest BCUT2D eigenvalue weighted by Gasteiger charge is -2.31. The molecule has 6 heteroatoms. The number of amides is 2. The number of nitrogens with one attached hydrogen (secondary N) is 1. The largest absolute Gasteiger partial charge is 0.484 e. The Labute approximate surface area is 222 Å². The van der Waals surface area contributed by atoms with Crippen LogP contribution >= 0.6 is 22.6 Å². The Morgan fingerprint density at radius 1 is 0.943 bits per heavy atom. The molecule has 35 heavy (non-hydrogen) atoms. The third-order valence-corrected chi connectivity index (χ3v) is 6.29. The van der Waals surface area contributed by atoms with Crippen LogP contribution in [0.25, 0.3) is 0 Å². The second-order valence-corrected chi connectivity index (χ2v) is 10.3. The Morgan fingerprint density at radius 2 is 1.63 bits per heavy atom. The molecule has 0 saturated carbocycles. The number of halogens is 1. The Balaban J connectivity index is 1.89. The summed E-state index contributed by atoms with van der Waals surface area (Å²) in [4.78, 5) is 28.6. The van der Waals surface area contributed by atoms with E-state index < -0.39 is 6.04 Å². The van der Waals surface area contributed by atoms with Crippen molar-refractivity contribution >= 4 is 34.4 Å². The molecule has 3 aromatic rings. The first-order valence-corrected chi connectivity index (χ1v) is 12.9. The van der Waals surface area contributed by atoms with Crippen molar-refractivity contribution in [3.8, 4) is 5.75 Å². The normalized spacial score (nSPS) is 11.7. The number of hydrogen-bond acceptors (Lipinski definition) is 3. The van der Waals surface area contributed by atoms with Crippen LogP contribution in [0.15, 0.2) is 78.9 Å². The van der Waals surface area contributed by atoms with Gasteiger partial charge in [0.05, 0.1) is 0 Å². The smallest absolute Gasteiger partial charge is 0.261 e. The summed E-state index contributed by atoms with van der Waals surface area (Å²) in [6.07, 6.45) is 0.422. The molecule has 0 fully saturated rings. The fraction of sp³-hybridized carbons (Fsp3) is 0.310. The lowest BCUT2D eigenvalue weighted by atomic mass is 10.0. The van der Waals surface area contributed by atoms with Gasteiger partial charge in [-0.1, -0.05) is 74.0 Å². The molecule has 0 saturated heterocycles. The van der Waals surface area contributed by atoms with Gasteiger partial charge in [-0.25, -0.2) is 0 Å². The first-order chi connectivity index (χ1) is 16.8. The summed E-state index contributed by atoms with van der Waals surface area (Å²) in [6, 6.07) is 24.7. The molecule has 0 unspecified atom stereocenters. The van der Waals surface area contributed by atoms with E-state index in [-0.39, 0.29) is 18.4 Å². The molecule has 0 heterocycles. The summed E-state index contributed by atoms with van der Waals surface area (Å²) in [7, 11) is 0. The van der Waals surface area contributed by atoms with Crippen molar-refractivity contribution in [2.24, 2.45) is 5.92 Å².